The molecule has 18 heavy (non-hydrogen) atoms. The van der Waals surface area contributed by atoms with Gasteiger partial charge in [0, 0.05) is 18.8 Å². The second-order valence-corrected chi connectivity index (χ2v) is 3.90. The van der Waals surface area contributed by atoms with E-state index in [-0.39, 0.29) is 6.61 Å². The van der Waals surface area contributed by atoms with Gasteiger partial charge in [0.15, 0.2) is 0 Å². The fourth-order valence-corrected chi connectivity index (χ4v) is 1.64. The minimum Gasteiger partial charge on any atom is -0.497 e. The summed E-state index contributed by atoms with van der Waals surface area (Å²) in [5.74, 6) is 1.34. The summed E-state index contributed by atoms with van der Waals surface area (Å²) in [6.45, 7) is 0.287. The van der Waals surface area contributed by atoms with Crippen LogP contribution in [-0.4, -0.2) is 22.0 Å². The first-order valence-electron chi connectivity index (χ1n) is 5.62. The first-order valence-corrected chi connectivity index (χ1v) is 5.62. The van der Waals surface area contributed by atoms with E-state index in [9.17, 15) is 5.11 Å². The number of ether oxygens (including phenoxy) is 2. The second kappa shape index (κ2) is 5.55. The van der Waals surface area contributed by atoms with Crippen LogP contribution in [0.4, 0.5) is 0 Å². The molecule has 0 bridgehead atoms. The fourth-order valence-electron chi connectivity index (χ4n) is 1.64. The van der Waals surface area contributed by atoms with Crippen LogP contribution >= 0.6 is 0 Å². The van der Waals surface area contributed by atoms with Gasteiger partial charge in [-0.15, -0.1) is 0 Å². The number of benzene rings is 1. The number of aliphatic hydroxyl groups excluding tert-OH is 1. The van der Waals surface area contributed by atoms with Gasteiger partial charge in [-0.25, -0.2) is 0 Å². The average Bonchev–Trinajstić information content (AvgIpc) is 2.82. The predicted molar refractivity (Wildman–Crippen MR) is 66.5 cm³/mol. The molecule has 0 aliphatic rings. The molecule has 0 unspecified atom stereocenters. The Bertz CT molecular complexity index is 523. The van der Waals surface area contributed by atoms with E-state index in [1.165, 1.54) is 0 Å². The quantitative estimate of drug-likeness (QED) is 0.871. The molecule has 0 atom stereocenters. The molecule has 5 heteroatoms. The van der Waals surface area contributed by atoms with Crippen molar-refractivity contribution in [1.29, 1.82) is 0 Å². The highest BCUT2D eigenvalue weighted by atomic mass is 16.5. The Kier molecular flexibility index (Phi) is 3.84. The van der Waals surface area contributed by atoms with E-state index >= 15 is 0 Å². The van der Waals surface area contributed by atoms with Crippen molar-refractivity contribution in [1.82, 2.24) is 9.78 Å². The third-order valence-electron chi connectivity index (χ3n) is 2.58. The van der Waals surface area contributed by atoms with E-state index in [0.29, 0.717) is 23.7 Å². The number of aromatic nitrogens is 2. The normalized spacial score (nSPS) is 10.4. The lowest BCUT2D eigenvalue weighted by atomic mass is 10.2. The van der Waals surface area contributed by atoms with Crippen LogP contribution in [0.3, 0.4) is 0 Å². The van der Waals surface area contributed by atoms with Crippen LogP contribution in [0.1, 0.15) is 11.3 Å². The third-order valence-corrected chi connectivity index (χ3v) is 2.58. The van der Waals surface area contributed by atoms with Gasteiger partial charge in [0.05, 0.1) is 19.4 Å². The van der Waals surface area contributed by atoms with Crippen LogP contribution in [0.5, 0.6) is 11.5 Å². The lowest BCUT2D eigenvalue weighted by Gasteiger charge is -2.10. The van der Waals surface area contributed by atoms with Crippen LogP contribution in [-0.2, 0) is 20.3 Å². The molecule has 0 spiro atoms. The first-order chi connectivity index (χ1) is 8.72. The molecule has 0 saturated heterocycles. The van der Waals surface area contributed by atoms with Crippen molar-refractivity contribution in [2.24, 2.45) is 7.05 Å². The van der Waals surface area contributed by atoms with Gasteiger partial charge in [-0.05, 0) is 24.3 Å². The molecule has 1 N–H and O–H groups in total. The molecular formula is C13H16N2O3. The predicted octanol–water partition coefficient (Wildman–Crippen LogP) is 1.50. The van der Waals surface area contributed by atoms with Crippen LogP contribution in [0, 0.1) is 0 Å². The van der Waals surface area contributed by atoms with Crippen LogP contribution < -0.4 is 9.47 Å². The van der Waals surface area contributed by atoms with Crippen molar-refractivity contribution in [2.45, 2.75) is 13.2 Å². The maximum Gasteiger partial charge on any atom is 0.132 e. The van der Waals surface area contributed by atoms with E-state index < -0.39 is 0 Å². The summed E-state index contributed by atoms with van der Waals surface area (Å²) in [7, 11) is 3.45. The van der Waals surface area contributed by atoms with Crippen molar-refractivity contribution < 1.29 is 14.6 Å². The highest BCUT2D eigenvalue weighted by Crippen LogP contribution is 2.24. The second-order valence-electron chi connectivity index (χ2n) is 3.90. The zero-order valence-corrected chi connectivity index (χ0v) is 10.5. The number of aryl methyl sites for hydroxylation is 1. The van der Waals surface area contributed by atoms with E-state index in [0.717, 1.165) is 5.69 Å². The Morgan fingerprint density at radius 3 is 2.78 bits per heavy atom. The number of methoxy groups -OCH3 is 1. The van der Waals surface area contributed by atoms with Crippen molar-refractivity contribution >= 4 is 0 Å². The maximum atomic E-state index is 9.28. The van der Waals surface area contributed by atoms with Gasteiger partial charge in [-0.3, -0.25) is 4.68 Å². The third kappa shape index (κ3) is 2.81. The van der Waals surface area contributed by atoms with E-state index in [1.807, 2.05) is 19.3 Å². The lowest BCUT2D eigenvalue weighted by Crippen LogP contribution is -2.00. The highest BCUT2D eigenvalue weighted by Gasteiger charge is 2.06. The standard InChI is InChI=1S/C13H16N2O3/c1-15-6-5-11(14-15)9-18-13-4-3-12(17-2)7-10(13)8-16/h3-7,16H,8-9H2,1-2H3. The molecule has 1 heterocycles. The van der Waals surface area contributed by atoms with E-state index in [1.54, 1.807) is 30.0 Å². The number of nitrogens with zero attached hydrogens (tertiary/aromatic N) is 2. The molecule has 1 aromatic heterocycles. The summed E-state index contributed by atoms with van der Waals surface area (Å²) in [5, 5.41) is 13.5. The zero-order valence-electron chi connectivity index (χ0n) is 10.5. The van der Waals surface area contributed by atoms with Gasteiger partial charge >= 0.3 is 0 Å². The van der Waals surface area contributed by atoms with Gasteiger partial charge in [0.2, 0.25) is 0 Å². The summed E-state index contributed by atoms with van der Waals surface area (Å²) in [6.07, 6.45) is 1.86. The number of hydrogen-bond donors (Lipinski definition) is 1. The summed E-state index contributed by atoms with van der Waals surface area (Å²) in [5.41, 5.74) is 1.54. The summed E-state index contributed by atoms with van der Waals surface area (Å²) >= 11 is 0. The van der Waals surface area contributed by atoms with Crippen LogP contribution in [0.15, 0.2) is 30.5 Å². The SMILES string of the molecule is COc1ccc(OCc2ccn(C)n2)c(CO)c1. The van der Waals surface area contributed by atoms with Crippen molar-refractivity contribution in [3.05, 3.63) is 41.7 Å². The van der Waals surface area contributed by atoms with Crippen LogP contribution in [0.25, 0.3) is 0 Å². The fraction of sp³-hybridized carbons (Fsp3) is 0.308. The molecule has 96 valence electrons. The Balaban J connectivity index is 2.08. The van der Waals surface area contributed by atoms with Crippen molar-refractivity contribution in [3.63, 3.8) is 0 Å². The van der Waals surface area contributed by atoms with Gasteiger partial charge in [-0.2, -0.15) is 5.10 Å². The summed E-state index contributed by atoms with van der Waals surface area (Å²) in [6, 6.07) is 7.23. The Hall–Kier alpha value is -2.01. The van der Waals surface area contributed by atoms with Gasteiger partial charge in [0.25, 0.3) is 0 Å². The molecule has 0 fully saturated rings. The summed E-state index contributed by atoms with van der Waals surface area (Å²) < 4.78 is 12.5. The molecular weight excluding hydrogens is 232 g/mol. The average molecular weight is 248 g/mol. The van der Waals surface area contributed by atoms with Crippen molar-refractivity contribution in [2.75, 3.05) is 7.11 Å². The summed E-state index contributed by atoms with van der Waals surface area (Å²) in [4.78, 5) is 0. The Morgan fingerprint density at radius 1 is 1.33 bits per heavy atom. The number of hydrogen-bond acceptors (Lipinski definition) is 4. The number of rotatable bonds is 5. The molecule has 0 aliphatic carbocycles. The lowest BCUT2D eigenvalue weighted by molar-refractivity contribution is 0.256. The smallest absolute Gasteiger partial charge is 0.132 e. The van der Waals surface area contributed by atoms with Gasteiger partial charge in [-0.1, -0.05) is 0 Å². The molecule has 2 rings (SSSR count). The molecule has 0 radical (unpaired) electrons. The monoisotopic (exact) mass is 248 g/mol. The molecule has 0 amide bonds. The Labute approximate surface area is 106 Å². The van der Waals surface area contributed by atoms with E-state index in [2.05, 4.69) is 5.10 Å². The minimum atomic E-state index is -0.0885. The van der Waals surface area contributed by atoms with Crippen molar-refractivity contribution in [3.8, 4) is 11.5 Å². The topological polar surface area (TPSA) is 56.5 Å². The minimum absolute atomic E-state index is 0.0885. The van der Waals surface area contributed by atoms with Gasteiger partial charge < -0.3 is 14.6 Å². The molecule has 1 aromatic carbocycles. The van der Waals surface area contributed by atoms with E-state index in [4.69, 9.17) is 9.47 Å². The first kappa shape index (κ1) is 12.4. The molecule has 0 aliphatic heterocycles. The number of aliphatic hydroxyl groups is 1. The highest BCUT2D eigenvalue weighted by molar-refractivity contribution is 5.39. The van der Waals surface area contributed by atoms with Gasteiger partial charge in [0.1, 0.15) is 18.1 Å². The van der Waals surface area contributed by atoms with Crippen LogP contribution in [0.2, 0.25) is 0 Å². The zero-order chi connectivity index (χ0) is 13.0. The molecule has 5 nitrogen and oxygen atoms in total. The molecule has 2 aromatic rings. The maximum absolute atomic E-state index is 9.28. The largest absolute Gasteiger partial charge is 0.497 e. The Morgan fingerprint density at radius 2 is 2.17 bits per heavy atom. The molecule has 0 saturated carbocycles.